The first kappa shape index (κ1) is 31.9. The third kappa shape index (κ3) is 7.86. The molecule has 1 aliphatic heterocycles. The summed E-state index contributed by atoms with van der Waals surface area (Å²) in [4.78, 5) is 42.8. The Morgan fingerprint density at radius 1 is 0.936 bits per heavy atom. The lowest BCUT2D eigenvalue weighted by atomic mass is 9.98. The number of amides is 2. The Balaban J connectivity index is 1.32. The number of benzene rings is 4. The van der Waals surface area contributed by atoms with Crippen molar-refractivity contribution in [1.82, 2.24) is 4.90 Å². The molecule has 242 valence electrons. The molecular formula is C38H38FN3O5. The number of anilines is 2. The van der Waals surface area contributed by atoms with Crippen LogP contribution in [0.2, 0.25) is 0 Å². The van der Waals surface area contributed by atoms with Gasteiger partial charge in [0.2, 0.25) is 5.91 Å². The number of halogens is 1. The molecule has 47 heavy (non-hydrogen) atoms. The van der Waals surface area contributed by atoms with Crippen LogP contribution < -0.4 is 10.2 Å². The van der Waals surface area contributed by atoms with Gasteiger partial charge in [-0.3, -0.25) is 14.4 Å². The number of aryl methyl sites for hydroxylation is 1. The quantitative estimate of drug-likeness (QED) is 0.187. The molecule has 0 bridgehead atoms. The first-order valence-electron chi connectivity index (χ1n) is 16.0. The Morgan fingerprint density at radius 3 is 2.36 bits per heavy atom. The van der Waals surface area contributed by atoms with Crippen LogP contribution in [0.5, 0.6) is 0 Å². The number of nitrogens with one attached hydrogen (secondary N) is 1. The van der Waals surface area contributed by atoms with Gasteiger partial charge in [0.25, 0.3) is 5.91 Å². The van der Waals surface area contributed by atoms with Crippen molar-refractivity contribution in [3.63, 3.8) is 0 Å². The van der Waals surface area contributed by atoms with Gasteiger partial charge in [0, 0.05) is 31.1 Å². The van der Waals surface area contributed by atoms with Gasteiger partial charge in [-0.25, -0.2) is 4.39 Å². The molecule has 1 heterocycles. The normalized spacial score (nSPS) is 15.1. The molecule has 4 aromatic carbocycles. The molecule has 1 saturated carbocycles. The lowest BCUT2D eigenvalue weighted by Crippen LogP contribution is -2.36. The van der Waals surface area contributed by atoms with E-state index in [1.165, 1.54) is 12.1 Å². The Labute approximate surface area is 273 Å². The van der Waals surface area contributed by atoms with Gasteiger partial charge in [-0.15, -0.1) is 0 Å². The number of carboxylic acid groups (broad SMARTS) is 1. The van der Waals surface area contributed by atoms with Crippen molar-refractivity contribution >= 4 is 29.2 Å². The topological polar surface area (TPSA) is 99.2 Å². The average molecular weight is 636 g/mol. The average Bonchev–Trinajstić information content (AvgIpc) is 3.93. The number of hydrogen-bond donors (Lipinski definition) is 2. The number of nitrogens with zero attached hydrogens (tertiary/aromatic N) is 2. The zero-order chi connectivity index (χ0) is 32.9. The summed E-state index contributed by atoms with van der Waals surface area (Å²) in [5, 5.41) is 12.9. The van der Waals surface area contributed by atoms with E-state index in [-0.39, 0.29) is 30.7 Å². The van der Waals surface area contributed by atoms with Crippen molar-refractivity contribution < 1.29 is 28.6 Å². The molecule has 1 saturated heterocycles. The number of carbonyl (C=O) groups is 3. The second kappa shape index (κ2) is 14.2. The van der Waals surface area contributed by atoms with E-state index < -0.39 is 17.8 Å². The lowest BCUT2D eigenvalue weighted by molar-refractivity contribution is -0.142. The van der Waals surface area contributed by atoms with Crippen molar-refractivity contribution in [2.45, 2.75) is 38.8 Å². The maximum Gasteiger partial charge on any atom is 0.305 e. The van der Waals surface area contributed by atoms with Crippen molar-refractivity contribution in [2.24, 2.45) is 5.92 Å². The largest absolute Gasteiger partial charge is 0.481 e. The summed E-state index contributed by atoms with van der Waals surface area (Å²) < 4.78 is 19.3. The van der Waals surface area contributed by atoms with Crippen molar-refractivity contribution in [2.75, 3.05) is 36.5 Å². The predicted molar refractivity (Wildman–Crippen MR) is 179 cm³/mol. The van der Waals surface area contributed by atoms with Gasteiger partial charge in [0.1, 0.15) is 5.82 Å². The van der Waals surface area contributed by atoms with Crippen LogP contribution in [0.1, 0.15) is 52.4 Å². The van der Waals surface area contributed by atoms with Crippen molar-refractivity contribution in [3.8, 4) is 11.1 Å². The van der Waals surface area contributed by atoms with E-state index >= 15 is 0 Å². The first-order chi connectivity index (χ1) is 22.7. The summed E-state index contributed by atoms with van der Waals surface area (Å²) in [6.45, 7) is 4.77. The molecule has 2 N–H and O–H groups in total. The predicted octanol–water partition coefficient (Wildman–Crippen LogP) is 6.84. The summed E-state index contributed by atoms with van der Waals surface area (Å²) in [6.07, 6.45) is 1.24. The summed E-state index contributed by atoms with van der Waals surface area (Å²) in [7, 11) is 0. The Bertz CT molecular complexity index is 1770. The third-order valence-electron chi connectivity index (χ3n) is 8.70. The van der Waals surface area contributed by atoms with E-state index in [1.807, 2.05) is 67.6 Å². The van der Waals surface area contributed by atoms with Crippen LogP contribution in [-0.2, 0) is 20.9 Å². The second-order valence-corrected chi connectivity index (χ2v) is 12.3. The van der Waals surface area contributed by atoms with Gasteiger partial charge in [0.15, 0.2) is 0 Å². The molecule has 8 nitrogen and oxygen atoms in total. The molecule has 0 radical (unpaired) electrons. The molecule has 4 aromatic rings. The minimum atomic E-state index is -1.04. The third-order valence-corrected chi connectivity index (χ3v) is 8.70. The Hall–Kier alpha value is -5.02. The molecule has 9 heteroatoms. The standard InChI is InChI=1S/C38H38FN3O5/c1-25-4-2-7-31(20-25)37(45)40-33-22-30(12-15-34(33)41-16-18-47-19-17-41)29-6-3-5-26(21-29)24-42(38(46)28-8-9-28)35(23-36(43)44)27-10-13-32(39)14-11-27/h2-7,10-15,20-22,28,35H,8-9,16-19,23-24H2,1H3,(H,40,45)(H,43,44). The van der Waals surface area contributed by atoms with Gasteiger partial charge in [-0.2, -0.15) is 0 Å². The van der Waals surface area contributed by atoms with Crippen LogP contribution in [0, 0.1) is 18.7 Å². The minimum Gasteiger partial charge on any atom is -0.481 e. The number of aliphatic carboxylic acids is 1. The molecule has 1 atom stereocenters. The van der Waals surface area contributed by atoms with E-state index in [1.54, 1.807) is 23.1 Å². The van der Waals surface area contributed by atoms with Crippen LogP contribution in [-0.4, -0.2) is 54.1 Å². The van der Waals surface area contributed by atoms with Gasteiger partial charge >= 0.3 is 5.97 Å². The van der Waals surface area contributed by atoms with Crippen molar-refractivity contribution in [3.05, 3.63) is 119 Å². The monoisotopic (exact) mass is 635 g/mol. The highest BCUT2D eigenvalue weighted by atomic mass is 19.1. The van der Waals surface area contributed by atoms with Gasteiger partial charge in [-0.1, -0.05) is 54.1 Å². The van der Waals surface area contributed by atoms with Crippen LogP contribution in [0.25, 0.3) is 11.1 Å². The number of ether oxygens (including phenoxy) is 1. The number of hydrogen-bond acceptors (Lipinski definition) is 5. The highest BCUT2D eigenvalue weighted by Crippen LogP contribution is 2.37. The maximum atomic E-state index is 13.8. The minimum absolute atomic E-state index is 0.0954. The highest BCUT2D eigenvalue weighted by Gasteiger charge is 2.37. The fraction of sp³-hybridized carbons (Fsp3) is 0.289. The molecule has 6 rings (SSSR count). The molecule has 1 unspecified atom stereocenters. The van der Waals surface area contributed by atoms with E-state index in [9.17, 15) is 23.9 Å². The van der Waals surface area contributed by atoms with Crippen LogP contribution >= 0.6 is 0 Å². The molecule has 0 aromatic heterocycles. The molecule has 1 aliphatic carbocycles. The van der Waals surface area contributed by atoms with Gasteiger partial charge < -0.3 is 25.0 Å². The molecule has 2 amide bonds. The van der Waals surface area contributed by atoms with Crippen molar-refractivity contribution in [1.29, 1.82) is 0 Å². The molecule has 2 aliphatic rings. The number of carbonyl (C=O) groups excluding carboxylic acids is 2. The first-order valence-corrected chi connectivity index (χ1v) is 16.0. The smallest absolute Gasteiger partial charge is 0.305 e. The van der Waals surface area contributed by atoms with Gasteiger partial charge in [0.05, 0.1) is 37.1 Å². The summed E-state index contributed by atoms with van der Waals surface area (Å²) in [5.74, 6) is -1.90. The fourth-order valence-electron chi connectivity index (χ4n) is 6.09. The van der Waals surface area contributed by atoms with Gasteiger partial charge in [-0.05, 0) is 84.5 Å². The number of carboxylic acids is 1. The summed E-state index contributed by atoms with van der Waals surface area (Å²) in [6, 6.07) is 26.2. The van der Waals surface area contributed by atoms with E-state index in [4.69, 9.17) is 4.74 Å². The summed E-state index contributed by atoms with van der Waals surface area (Å²) >= 11 is 0. The highest BCUT2D eigenvalue weighted by molar-refractivity contribution is 6.06. The maximum absolute atomic E-state index is 13.8. The fourth-order valence-corrected chi connectivity index (χ4v) is 6.09. The van der Waals surface area contributed by atoms with Crippen LogP contribution in [0.4, 0.5) is 15.8 Å². The Morgan fingerprint density at radius 2 is 1.66 bits per heavy atom. The van der Waals surface area contributed by atoms with Crippen LogP contribution in [0.15, 0.2) is 91.0 Å². The SMILES string of the molecule is Cc1cccc(C(=O)Nc2cc(-c3cccc(CN(C(=O)C4CC4)C(CC(=O)O)c4ccc(F)cc4)c3)ccc2N2CCOCC2)c1. The number of morpholine rings is 1. The number of rotatable bonds is 11. The van der Waals surface area contributed by atoms with E-state index in [0.29, 0.717) is 43.1 Å². The zero-order valence-electron chi connectivity index (χ0n) is 26.3. The lowest BCUT2D eigenvalue weighted by Gasteiger charge is -2.32. The molecule has 2 fully saturated rings. The molecular weight excluding hydrogens is 597 g/mol. The summed E-state index contributed by atoms with van der Waals surface area (Å²) in [5.41, 5.74) is 6.33. The van der Waals surface area contributed by atoms with E-state index in [2.05, 4.69) is 10.2 Å². The second-order valence-electron chi connectivity index (χ2n) is 12.3. The zero-order valence-corrected chi connectivity index (χ0v) is 26.3. The Kier molecular flexibility index (Phi) is 9.63. The molecule has 0 spiro atoms. The van der Waals surface area contributed by atoms with E-state index in [0.717, 1.165) is 40.8 Å². The van der Waals surface area contributed by atoms with Crippen LogP contribution in [0.3, 0.4) is 0 Å².